The van der Waals surface area contributed by atoms with Crippen molar-refractivity contribution < 1.29 is 30.7 Å². The minimum Gasteiger partial charge on any atom is -0.244 e. The molecule has 3 saturated carbocycles. The van der Waals surface area contributed by atoms with E-state index in [1.807, 2.05) is 27.7 Å². The van der Waals surface area contributed by atoms with Crippen molar-refractivity contribution in [1.82, 2.24) is 0 Å². The van der Waals surface area contributed by atoms with Crippen LogP contribution < -0.4 is 0 Å². The molecule has 0 nitrogen and oxygen atoms in total. The Labute approximate surface area is 551 Å². The van der Waals surface area contributed by atoms with Crippen LogP contribution in [0.2, 0.25) is 0 Å². The molecule has 0 spiro atoms. The molecular formula is C81H165F7. The van der Waals surface area contributed by atoms with Gasteiger partial charge in [0, 0.05) is 10.8 Å². The van der Waals surface area contributed by atoms with Gasteiger partial charge in [-0.25, -0.2) is 30.7 Å². The first-order valence-corrected chi connectivity index (χ1v) is 37.2. The summed E-state index contributed by atoms with van der Waals surface area (Å²) in [6.45, 7) is 76.1. The fraction of sp³-hybridized carbons (Fsp3) is 1.00. The van der Waals surface area contributed by atoms with Crippen LogP contribution in [0.4, 0.5) is 30.7 Å². The molecule has 3 aliphatic carbocycles. The summed E-state index contributed by atoms with van der Waals surface area (Å²) in [7, 11) is 0. The molecule has 7 heteroatoms. The van der Waals surface area contributed by atoms with E-state index in [-0.39, 0.29) is 46.3 Å². The highest BCUT2D eigenvalue weighted by atomic mass is 19.2. The van der Waals surface area contributed by atoms with Gasteiger partial charge in [-0.1, -0.05) is 265 Å². The standard InChI is InChI=1S/C16H33F.C14H29F.2C12H25F.C9H17F.C7H13F.C6H11F.C5H12/c1-10(2)14(11(3)4)16(9,17)15(12(5)6)13(7)8;1-8-12(5,9-2)14(7,15)13(6,10-3)11-4;1-8(2)11(9(3)4)12(7,13)10(5)6;1-6-10(7-2)12(5,13)11(8-3)9-4;1-8(2)4-6-9(3,10)7-5-8;1-7(8)5-3-2-4-6-7;1-6(7)4-2-3-5-6;1-5(2,3)4/h10-15H,1-9H3;8-11H2,1-7H3;8-11H,1-7H3;10-11H,6-9H2,1-5H3;4-7H2,1-3H3;2-6H2,1H3;2-5H2,1H3;1-4H3. The Morgan fingerprint density at radius 1 is 0.307 bits per heavy atom. The Kier molecular flexibility index (Phi) is 46.1. The predicted octanol–water partition coefficient (Wildman–Crippen LogP) is 30.2. The van der Waals surface area contributed by atoms with E-state index in [0.29, 0.717) is 46.3 Å². The van der Waals surface area contributed by atoms with Gasteiger partial charge >= 0.3 is 0 Å². The lowest BCUT2D eigenvalue weighted by molar-refractivity contribution is -0.0946. The fourth-order valence-corrected chi connectivity index (χ4v) is 15.7. The second-order valence-electron chi connectivity index (χ2n) is 35.4. The largest absolute Gasteiger partial charge is 0.244 e. The van der Waals surface area contributed by atoms with Gasteiger partial charge in [-0.15, -0.1) is 0 Å². The molecular weight excluding hydrogens is 1110 g/mol. The topological polar surface area (TPSA) is 0 Å². The average Bonchev–Trinajstić information content (AvgIpc) is 3.77. The van der Waals surface area contributed by atoms with Gasteiger partial charge in [0.15, 0.2) is 0 Å². The molecule has 0 aromatic carbocycles. The van der Waals surface area contributed by atoms with Crippen molar-refractivity contribution in [1.29, 1.82) is 0 Å². The maximum absolute atomic E-state index is 15.4. The van der Waals surface area contributed by atoms with E-state index in [1.54, 1.807) is 34.6 Å². The van der Waals surface area contributed by atoms with Gasteiger partial charge < -0.3 is 0 Å². The van der Waals surface area contributed by atoms with Gasteiger partial charge in [-0.3, -0.25) is 0 Å². The third-order valence-electron chi connectivity index (χ3n) is 22.5. The monoisotopic (exact) mass is 1270 g/mol. The quantitative estimate of drug-likeness (QED) is 0.0948. The molecule has 538 valence electrons. The minimum atomic E-state index is -1.09. The van der Waals surface area contributed by atoms with Crippen molar-refractivity contribution in [2.24, 2.45) is 92.7 Å². The molecule has 0 amide bonds. The summed E-state index contributed by atoms with van der Waals surface area (Å²) in [6, 6.07) is 0. The van der Waals surface area contributed by atoms with Crippen molar-refractivity contribution in [2.45, 2.75) is 431 Å². The summed E-state index contributed by atoms with van der Waals surface area (Å²) < 4.78 is 98.1. The first-order valence-electron chi connectivity index (χ1n) is 37.2. The van der Waals surface area contributed by atoms with Crippen LogP contribution in [0.25, 0.3) is 0 Å². The van der Waals surface area contributed by atoms with E-state index in [0.717, 1.165) is 128 Å². The summed E-state index contributed by atoms with van der Waals surface area (Å²) in [5, 5.41) is 0. The number of hydrogen-bond acceptors (Lipinski definition) is 0. The van der Waals surface area contributed by atoms with Gasteiger partial charge in [0.1, 0.15) is 39.7 Å². The molecule has 3 aliphatic rings. The summed E-state index contributed by atoms with van der Waals surface area (Å²) in [6.07, 6.45) is 19.8. The van der Waals surface area contributed by atoms with Crippen LogP contribution >= 0.6 is 0 Å². The van der Waals surface area contributed by atoms with Crippen LogP contribution in [0.3, 0.4) is 0 Å². The lowest BCUT2D eigenvalue weighted by Gasteiger charge is -2.51. The Balaban J connectivity index is -0.000000304. The number of halogens is 7. The van der Waals surface area contributed by atoms with Gasteiger partial charge in [0.2, 0.25) is 0 Å². The lowest BCUT2D eigenvalue weighted by atomic mass is 9.57. The summed E-state index contributed by atoms with van der Waals surface area (Å²) in [4.78, 5) is 0. The van der Waals surface area contributed by atoms with Crippen molar-refractivity contribution in [3.8, 4) is 0 Å². The van der Waals surface area contributed by atoms with Gasteiger partial charge in [0.05, 0.1) is 0 Å². The average molecular weight is 1270 g/mol. The smallest absolute Gasteiger partial charge is 0.118 e. The highest BCUT2D eigenvalue weighted by Gasteiger charge is 2.53. The first-order chi connectivity index (χ1) is 39.3. The van der Waals surface area contributed by atoms with E-state index in [1.165, 1.54) is 6.42 Å². The highest BCUT2D eigenvalue weighted by Crippen LogP contribution is 2.54. The zero-order valence-corrected chi connectivity index (χ0v) is 66.9. The molecule has 0 aromatic rings. The molecule has 0 aliphatic heterocycles. The van der Waals surface area contributed by atoms with Crippen LogP contribution in [0.15, 0.2) is 0 Å². The third-order valence-corrected chi connectivity index (χ3v) is 22.5. The molecule has 0 heterocycles. The highest BCUT2D eigenvalue weighted by molar-refractivity contribution is 5.02. The molecule has 0 N–H and O–H groups in total. The van der Waals surface area contributed by atoms with E-state index in [2.05, 4.69) is 194 Å². The number of hydrogen-bond donors (Lipinski definition) is 0. The SMILES string of the molecule is CC(C)(C)C.CC(C)C(C(C)C)C(C)(F)C(C(C)C)C(C)C.CC(C)C(C(C)C)C(C)(F)C(C)C.CC1(C)CCC(C)(F)CC1.CC1(F)CCCC1.CC1(F)CCCCC1.CCC(C)(CC)C(C)(F)C(C)(CC)CC.CCC(CC)C(C)(F)C(CC)CC. The van der Waals surface area contributed by atoms with Crippen molar-refractivity contribution >= 4 is 0 Å². The maximum Gasteiger partial charge on any atom is 0.118 e. The minimum absolute atomic E-state index is 0.0994. The van der Waals surface area contributed by atoms with Crippen LogP contribution in [0.5, 0.6) is 0 Å². The van der Waals surface area contributed by atoms with Crippen LogP contribution in [-0.4, -0.2) is 39.7 Å². The fourth-order valence-electron chi connectivity index (χ4n) is 15.7. The summed E-state index contributed by atoms with van der Waals surface area (Å²) >= 11 is 0. The summed E-state index contributed by atoms with van der Waals surface area (Å²) in [5.74, 6) is 3.40. The molecule has 0 bridgehead atoms. The Hall–Kier alpha value is -0.490. The zero-order valence-electron chi connectivity index (χ0n) is 66.9. The maximum atomic E-state index is 15.4. The summed E-state index contributed by atoms with van der Waals surface area (Å²) in [5.41, 5.74) is -6.17. The first kappa shape index (κ1) is 96.2. The molecule has 1 atom stereocenters. The van der Waals surface area contributed by atoms with E-state index in [9.17, 15) is 22.0 Å². The van der Waals surface area contributed by atoms with Crippen LogP contribution in [0.1, 0.15) is 391 Å². The van der Waals surface area contributed by atoms with E-state index < -0.39 is 39.7 Å². The van der Waals surface area contributed by atoms with Gasteiger partial charge in [-0.05, 0) is 207 Å². The lowest BCUT2D eigenvalue weighted by Crippen LogP contribution is -2.51. The molecule has 3 fully saturated rings. The van der Waals surface area contributed by atoms with Crippen LogP contribution in [-0.2, 0) is 0 Å². The Morgan fingerprint density at radius 2 is 0.511 bits per heavy atom. The Bertz CT molecular complexity index is 1540. The van der Waals surface area contributed by atoms with E-state index in [4.69, 9.17) is 0 Å². The Morgan fingerprint density at radius 3 is 0.659 bits per heavy atom. The van der Waals surface area contributed by atoms with Crippen molar-refractivity contribution in [2.75, 3.05) is 0 Å². The molecule has 0 saturated heterocycles. The van der Waals surface area contributed by atoms with Gasteiger partial charge in [-0.2, -0.15) is 0 Å². The van der Waals surface area contributed by atoms with Crippen molar-refractivity contribution in [3.05, 3.63) is 0 Å². The molecule has 0 aromatic heterocycles. The second kappa shape index (κ2) is 42.1. The van der Waals surface area contributed by atoms with Crippen LogP contribution in [0, 0.1) is 92.7 Å². The molecule has 3 rings (SSSR count). The second-order valence-corrected chi connectivity index (χ2v) is 35.4. The molecule has 88 heavy (non-hydrogen) atoms. The molecule has 0 radical (unpaired) electrons. The van der Waals surface area contributed by atoms with E-state index >= 15 is 8.78 Å². The van der Waals surface area contributed by atoms with Crippen molar-refractivity contribution in [3.63, 3.8) is 0 Å². The number of rotatable bonds is 22. The third kappa shape index (κ3) is 35.9. The number of alkyl halides is 7. The zero-order chi connectivity index (χ0) is 71.3. The predicted molar refractivity (Wildman–Crippen MR) is 385 cm³/mol. The molecule has 1 unspecified atom stereocenters. The normalized spacial score (nSPS) is 18.5. The van der Waals surface area contributed by atoms with Gasteiger partial charge in [0.25, 0.3) is 0 Å².